The molecule has 0 aliphatic rings. The molecule has 0 saturated carbocycles. The molecule has 0 heterocycles. The van der Waals surface area contributed by atoms with Crippen LogP contribution >= 0.6 is 0 Å². The molecule has 0 fully saturated rings. The lowest BCUT2D eigenvalue weighted by molar-refractivity contribution is 0.340. The molecule has 0 spiro atoms. The van der Waals surface area contributed by atoms with Crippen molar-refractivity contribution in [2.24, 2.45) is 4.99 Å². The minimum Gasteiger partial charge on any atom is -0.497 e. The highest BCUT2D eigenvalue weighted by atomic mass is 16.5. The first kappa shape index (κ1) is 14.9. The van der Waals surface area contributed by atoms with Gasteiger partial charge in [-0.05, 0) is 31.2 Å². The van der Waals surface area contributed by atoms with E-state index in [4.69, 9.17) is 14.2 Å². The third-order valence-corrected chi connectivity index (χ3v) is 2.95. The van der Waals surface area contributed by atoms with E-state index < -0.39 is 0 Å². The fourth-order valence-corrected chi connectivity index (χ4v) is 1.91. The van der Waals surface area contributed by atoms with E-state index in [1.54, 1.807) is 20.4 Å². The average Bonchev–Trinajstić information content (AvgIpc) is 2.54. The number of benzene rings is 2. The summed E-state index contributed by atoms with van der Waals surface area (Å²) in [7, 11) is 3.24. The van der Waals surface area contributed by atoms with Gasteiger partial charge in [0.15, 0.2) is 0 Å². The van der Waals surface area contributed by atoms with Crippen LogP contribution in [0.2, 0.25) is 0 Å². The van der Waals surface area contributed by atoms with Gasteiger partial charge in [0.05, 0.1) is 20.8 Å². The summed E-state index contributed by atoms with van der Waals surface area (Å²) in [6.07, 6.45) is 1.77. The molecule has 0 saturated heterocycles. The zero-order valence-electron chi connectivity index (χ0n) is 12.5. The van der Waals surface area contributed by atoms with Gasteiger partial charge in [-0.25, -0.2) is 0 Å². The third kappa shape index (κ3) is 3.75. The Bertz CT molecular complexity index is 623. The zero-order valence-corrected chi connectivity index (χ0v) is 12.5. The molecule has 2 aromatic rings. The number of hydrogen-bond donors (Lipinski definition) is 0. The lowest BCUT2D eigenvalue weighted by atomic mass is 10.2. The minimum atomic E-state index is 0.618. The van der Waals surface area contributed by atoms with Gasteiger partial charge >= 0.3 is 0 Å². The molecule has 0 aliphatic heterocycles. The molecule has 0 N–H and O–H groups in total. The van der Waals surface area contributed by atoms with Crippen LogP contribution in [0.3, 0.4) is 0 Å². The fourth-order valence-electron chi connectivity index (χ4n) is 1.91. The number of rotatable bonds is 6. The molecular formula is C17H19NO3. The molecule has 0 aliphatic carbocycles. The maximum Gasteiger partial charge on any atom is 0.144 e. The topological polar surface area (TPSA) is 40.0 Å². The van der Waals surface area contributed by atoms with Gasteiger partial charge in [0.25, 0.3) is 0 Å². The van der Waals surface area contributed by atoms with E-state index in [2.05, 4.69) is 4.99 Å². The van der Waals surface area contributed by atoms with Crippen LogP contribution in [0.5, 0.6) is 17.2 Å². The van der Waals surface area contributed by atoms with Crippen LogP contribution in [0.4, 0.5) is 5.69 Å². The van der Waals surface area contributed by atoms with Gasteiger partial charge in [0, 0.05) is 17.8 Å². The van der Waals surface area contributed by atoms with Crippen molar-refractivity contribution >= 4 is 11.9 Å². The van der Waals surface area contributed by atoms with Gasteiger partial charge in [-0.15, -0.1) is 0 Å². The summed E-state index contributed by atoms with van der Waals surface area (Å²) in [5, 5.41) is 0. The third-order valence-electron chi connectivity index (χ3n) is 2.95. The van der Waals surface area contributed by atoms with Gasteiger partial charge < -0.3 is 14.2 Å². The first-order valence-corrected chi connectivity index (χ1v) is 6.76. The van der Waals surface area contributed by atoms with Gasteiger partial charge in [0.1, 0.15) is 22.9 Å². The largest absolute Gasteiger partial charge is 0.497 e. The van der Waals surface area contributed by atoms with E-state index in [0.29, 0.717) is 18.0 Å². The Balaban J connectivity index is 2.32. The highest BCUT2D eigenvalue weighted by Crippen LogP contribution is 2.31. The van der Waals surface area contributed by atoms with E-state index in [0.717, 1.165) is 17.1 Å². The van der Waals surface area contributed by atoms with Crippen molar-refractivity contribution in [1.29, 1.82) is 0 Å². The normalized spacial score (nSPS) is 10.6. The number of ether oxygens (including phenoxy) is 3. The maximum atomic E-state index is 5.58. The van der Waals surface area contributed by atoms with E-state index >= 15 is 0 Å². The molecule has 0 radical (unpaired) electrons. The van der Waals surface area contributed by atoms with E-state index in [1.807, 2.05) is 49.4 Å². The summed E-state index contributed by atoms with van der Waals surface area (Å²) >= 11 is 0. The molecule has 2 rings (SSSR count). The summed E-state index contributed by atoms with van der Waals surface area (Å²) in [6.45, 7) is 2.58. The average molecular weight is 285 g/mol. The van der Waals surface area contributed by atoms with Crippen molar-refractivity contribution in [2.75, 3.05) is 20.8 Å². The van der Waals surface area contributed by atoms with Crippen LogP contribution in [-0.4, -0.2) is 27.0 Å². The predicted octanol–water partition coefficient (Wildman–Crippen LogP) is 3.85. The second-order valence-electron chi connectivity index (χ2n) is 4.27. The Morgan fingerprint density at radius 3 is 2.52 bits per heavy atom. The Morgan fingerprint density at radius 1 is 1.00 bits per heavy atom. The van der Waals surface area contributed by atoms with Crippen molar-refractivity contribution in [3.05, 3.63) is 48.0 Å². The first-order chi connectivity index (χ1) is 10.3. The quantitative estimate of drug-likeness (QED) is 0.757. The molecule has 21 heavy (non-hydrogen) atoms. The van der Waals surface area contributed by atoms with Crippen molar-refractivity contribution in [1.82, 2.24) is 0 Å². The summed E-state index contributed by atoms with van der Waals surface area (Å²) in [4.78, 5) is 4.49. The Morgan fingerprint density at radius 2 is 1.81 bits per heavy atom. The van der Waals surface area contributed by atoms with Crippen LogP contribution in [0, 0.1) is 0 Å². The fraction of sp³-hybridized carbons (Fsp3) is 0.235. The van der Waals surface area contributed by atoms with E-state index in [9.17, 15) is 0 Å². The highest BCUT2D eigenvalue weighted by Gasteiger charge is 2.04. The molecule has 0 atom stereocenters. The monoisotopic (exact) mass is 285 g/mol. The van der Waals surface area contributed by atoms with Gasteiger partial charge in [-0.2, -0.15) is 0 Å². The number of para-hydroxylation sites is 1. The number of hydrogen-bond acceptors (Lipinski definition) is 4. The van der Waals surface area contributed by atoms with Crippen LogP contribution in [0.25, 0.3) is 0 Å². The Labute approximate surface area is 125 Å². The second-order valence-corrected chi connectivity index (χ2v) is 4.27. The van der Waals surface area contributed by atoms with Crippen LogP contribution in [0.1, 0.15) is 12.5 Å². The summed E-state index contributed by atoms with van der Waals surface area (Å²) in [6, 6.07) is 13.3. The first-order valence-electron chi connectivity index (χ1n) is 6.76. The van der Waals surface area contributed by atoms with Gasteiger partial charge in [-0.1, -0.05) is 12.1 Å². The second kappa shape index (κ2) is 7.33. The summed E-state index contributed by atoms with van der Waals surface area (Å²) < 4.78 is 16.1. The molecule has 0 bridgehead atoms. The molecule has 4 heteroatoms. The van der Waals surface area contributed by atoms with Crippen molar-refractivity contribution < 1.29 is 14.2 Å². The molecule has 110 valence electrons. The summed E-state index contributed by atoms with van der Waals surface area (Å²) in [5.41, 5.74) is 1.63. The van der Waals surface area contributed by atoms with Crippen molar-refractivity contribution in [3.8, 4) is 17.2 Å². The Kier molecular flexibility index (Phi) is 5.21. The lowest BCUT2D eigenvalue weighted by Gasteiger charge is -2.08. The van der Waals surface area contributed by atoms with Crippen LogP contribution < -0.4 is 14.2 Å². The standard InChI is InChI=1S/C17H19NO3/c1-4-21-16-8-6-5-7-13(16)12-18-15-11-14(19-2)9-10-17(15)20-3/h5-12H,4H2,1-3H3. The van der Waals surface area contributed by atoms with Gasteiger partial charge in [-0.3, -0.25) is 4.99 Å². The zero-order chi connectivity index (χ0) is 15.1. The molecule has 0 unspecified atom stereocenters. The number of methoxy groups -OCH3 is 2. The number of aliphatic imine (C=N–C) groups is 1. The summed E-state index contributed by atoms with van der Waals surface area (Å²) in [5.74, 6) is 2.24. The molecular weight excluding hydrogens is 266 g/mol. The highest BCUT2D eigenvalue weighted by molar-refractivity contribution is 5.86. The maximum absolute atomic E-state index is 5.58. The molecule has 2 aromatic carbocycles. The predicted molar refractivity (Wildman–Crippen MR) is 84.4 cm³/mol. The van der Waals surface area contributed by atoms with Gasteiger partial charge in [0.2, 0.25) is 0 Å². The molecule has 4 nitrogen and oxygen atoms in total. The van der Waals surface area contributed by atoms with Crippen molar-refractivity contribution in [3.63, 3.8) is 0 Å². The lowest BCUT2D eigenvalue weighted by Crippen LogP contribution is -1.95. The smallest absolute Gasteiger partial charge is 0.144 e. The van der Waals surface area contributed by atoms with E-state index in [1.165, 1.54) is 0 Å². The molecule has 0 amide bonds. The molecule has 0 aromatic heterocycles. The SMILES string of the molecule is CCOc1ccccc1C=Nc1cc(OC)ccc1OC. The number of nitrogens with zero attached hydrogens (tertiary/aromatic N) is 1. The minimum absolute atomic E-state index is 0.618. The van der Waals surface area contributed by atoms with Crippen LogP contribution in [0.15, 0.2) is 47.5 Å². The van der Waals surface area contributed by atoms with Crippen LogP contribution in [-0.2, 0) is 0 Å². The van der Waals surface area contributed by atoms with Crippen molar-refractivity contribution in [2.45, 2.75) is 6.92 Å². The Hall–Kier alpha value is -2.49. The van der Waals surface area contributed by atoms with E-state index in [-0.39, 0.29) is 0 Å².